The lowest BCUT2D eigenvalue weighted by Crippen LogP contribution is -2.43. The lowest BCUT2D eigenvalue weighted by atomic mass is 10.0. The van der Waals surface area contributed by atoms with E-state index in [1.54, 1.807) is 36.4 Å². The highest BCUT2D eigenvalue weighted by Crippen LogP contribution is 2.26. The number of aryl methyl sites for hydroxylation is 1. The summed E-state index contributed by atoms with van der Waals surface area (Å²) >= 11 is 0. The number of rotatable bonds is 10. The first-order valence-corrected chi connectivity index (χ1v) is 13.4. The van der Waals surface area contributed by atoms with Crippen LogP contribution in [0.3, 0.4) is 0 Å². The quantitative estimate of drug-likeness (QED) is 0.391. The van der Waals surface area contributed by atoms with Gasteiger partial charge in [-0.3, -0.25) is 9.59 Å². The summed E-state index contributed by atoms with van der Waals surface area (Å²) in [5.41, 5.74) is 2.96. The van der Waals surface area contributed by atoms with Crippen LogP contribution < -0.4 is 20.3 Å². The van der Waals surface area contributed by atoms with Crippen LogP contribution in [-0.2, 0) is 26.0 Å². The molecule has 0 spiro atoms. The van der Waals surface area contributed by atoms with Crippen molar-refractivity contribution in [2.24, 2.45) is 0 Å². The summed E-state index contributed by atoms with van der Waals surface area (Å²) in [6.45, 7) is 3.75. The first-order chi connectivity index (χ1) is 17.4. The van der Waals surface area contributed by atoms with Gasteiger partial charge in [-0.15, -0.1) is 0 Å². The molecule has 1 unspecified atom stereocenters. The standard InChI is InChI=1S/C27H30N4O4S/c1-2-31(22-11-7-4-8-12-22)18-17-28-27(33)26(20-9-5-3-6-10-20)30-36(34,35)23-14-15-24-21(19-23)13-16-25(32)29-24/h3-12,14-15,19,26,30H,2,13,16-18H2,1H3,(H,28,33)(H,29,32). The summed E-state index contributed by atoms with van der Waals surface area (Å²) in [4.78, 5) is 27.0. The van der Waals surface area contributed by atoms with Gasteiger partial charge in [0, 0.05) is 37.4 Å². The van der Waals surface area contributed by atoms with Crippen molar-refractivity contribution in [2.45, 2.75) is 30.7 Å². The lowest BCUT2D eigenvalue weighted by molar-refractivity contribution is -0.122. The highest BCUT2D eigenvalue weighted by Gasteiger charge is 2.28. The third-order valence-electron chi connectivity index (χ3n) is 6.13. The van der Waals surface area contributed by atoms with Gasteiger partial charge in [0.15, 0.2) is 0 Å². The van der Waals surface area contributed by atoms with Crippen LogP contribution in [0.1, 0.15) is 30.5 Å². The number of carbonyl (C=O) groups is 2. The molecule has 1 aliphatic rings. The zero-order chi connectivity index (χ0) is 25.5. The Hall–Kier alpha value is -3.69. The second kappa shape index (κ2) is 11.4. The predicted octanol–water partition coefficient (Wildman–Crippen LogP) is 3.23. The Balaban J connectivity index is 1.49. The molecule has 0 bridgehead atoms. The number of fused-ring (bicyclic) bond motifs is 1. The topological polar surface area (TPSA) is 108 Å². The number of benzene rings is 3. The van der Waals surface area contributed by atoms with E-state index in [0.717, 1.165) is 17.8 Å². The van der Waals surface area contributed by atoms with Crippen molar-refractivity contribution in [3.8, 4) is 0 Å². The summed E-state index contributed by atoms with van der Waals surface area (Å²) < 4.78 is 29.2. The van der Waals surface area contributed by atoms with E-state index >= 15 is 0 Å². The monoisotopic (exact) mass is 506 g/mol. The van der Waals surface area contributed by atoms with Gasteiger partial charge in [0.2, 0.25) is 21.8 Å². The molecule has 0 radical (unpaired) electrons. The molecule has 9 heteroatoms. The molecule has 0 aliphatic carbocycles. The first-order valence-electron chi connectivity index (χ1n) is 11.9. The third kappa shape index (κ3) is 6.10. The number of likely N-dealkylation sites (N-methyl/N-ethyl adjacent to an activating group) is 1. The molecule has 188 valence electrons. The number of para-hydroxylation sites is 1. The minimum atomic E-state index is -4.02. The maximum Gasteiger partial charge on any atom is 0.242 e. The first kappa shape index (κ1) is 25.4. The number of anilines is 2. The van der Waals surface area contributed by atoms with Gasteiger partial charge in [-0.05, 0) is 54.8 Å². The molecule has 0 aromatic heterocycles. The average Bonchev–Trinajstić information content (AvgIpc) is 2.90. The van der Waals surface area contributed by atoms with E-state index in [2.05, 4.69) is 20.3 Å². The smallest absolute Gasteiger partial charge is 0.242 e. The molecular formula is C27H30N4O4S. The summed E-state index contributed by atoms with van der Waals surface area (Å²) in [7, 11) is -4.02. The van der Waals surface area contributed by atoms with Gasteiger partial charge in [0.25, 0.3) is 0 Å². The number of nitrogens with one attached hydrogen (secondary N) is 3. The lowest BCUT2D eigenvalue weighted by Gasteiger charge is -2.24. The van der Waals surface area contributed by atoms with Crippen molar-refractivity contribution in [1.82, 2.24) is 10.0 Å². The molecule has 1 heterocycles. The van der Waals surface area contributed by atoms with Crippen molar-refractivity contribution < 1.29 is 18.0 Å². The van der Waals surface area contributed by atoms with E-state index in [4.69, 9.17) is 0 Å². The van der Waals surface area contributed by atoms with E-state index in [9.17, 15) is 18.0 Å². The fourth-order valence-corrected chi connectivity index (χ4v) is 5.43. The molecule has 1 aliphatic heterocycles. The number of hydrogen-bond donors (Lipinski definition) is 3. The number of carbonyl (C=O) groups excluding carboxylic acids is 2. The van der Waals surface area contributed by atoms with Gasteiger partial charge in [0.1, 0.15) is 6.04 Å². The van der Waals surface area contributed by atoms with E-state index in [0.29, 0.717) is 37.2 Å². The normalized spacial score (nSPS) is 13.9. The SMILES string of the molecule is CCN(CCNC(=O)C(NS(=O)(=O)c1ccc2c(c1)CCC(=O)N2)c1ccccc1)c1ccccc1. The van der Waals surface area contributed by atoms with Crippen LogP contribution in [0.25, 0.3) is 0 Å². The maximum atomic E-state index is 13.3. The van der Waals surface area contributed by atoms with Crippen LogP contribution in [0.15, 0.2) is 83.8 Å². The minimum absolute atomic E-state index is 0.0485. The summed E-state index contributed by atoms with van der Waals surface area (Å²) in [5.74, 6) is -0.523. The maximum absolute atomic E-state index is 13.3. The molecule has 36 heavy (non-hydrogen) atoms. The fraction of sp³-hybridized carbons (Fsp3) is 0.259. The van der Waals surface area contributed by atoms with Gasteiger partial charge in [-0.2, -0.15) is 4.72 Å². The van der Waals surface area contributed by atoms with E-state index in [-0.39, 0.29) is 10.8 Å². The molecule has 3 aromatic carbocycles. The van der Waals surface area contributed by atoms with E-state index < -0.39 is 22.0 Å². The number of amides is 2. The molecule has 4 rings (SSSR count). The Bertz CT molecular complexity index is 1310. The Morgan fingerprint density at radius 2 is 1.69 bits per heavy atom. The molecule has 2 amide bonds. The molecule has 8 nitrogen and oxygen atoms in total. The predicted molar refractivity (Wildman–Crippen MR) is 140 cm³/mol. The Morgan fingerprint density at radius 1 is 1.00 bits per heavy atom. The molecule has 1 atom stereocenters. The van der Waals surface area contributed by atoms with Gasteiger partial charge in [0.05, 0.1) is 4.90 Å². The zero-order valence-electron chi connectivity index (χ0n) is 20.1. The largest absolute Gasteiger partial charge is 0.370 e. The fourth-order valence-electron chi connectivity index (χ4n) is 4.19. The van der Waals surface area contributed by atoms with Crippen LogP contribution >= 0.6 is 0 Å². The summed E-state index contributed by atoms with van der Waals surface area (Å²) in [5, 5.41) is 5.64. The summed E-state index contributed by atoms with van der Waals surface area (Å²) in [6.07, 6.45) is 0.763. The summed E-state index contributed by atoms with van der Waals surface area (Å²) in [6, 6.07) is 22.2. The van der Waals surface area contributed by atoms with Gasteiger partial charge in [-0.1, -0.05) is 48.5 Å². The molecule has 3 N–H and O–H groups in total. The van der Waals surface area contributed by atoms with Crippen LogP contribution in [0, 0.1) is 0 Å². The van der Waals surface area contributed by atoms with Crippen molar-refractivity contribution in [3.05, 3.63) is 90.0 Å². The molecule has 3 aromatic rings. The van der Waals surface area contributed by atoms with Gasteiger partial charge in [-0.25, -0.2) is 8.42 Å². The van der Waals surface area contributed by atoms with Crippen molar-refractivity contribution in [2.75, 3.05) is 29.9 Å². The van der Waals surface area contributed by atoms with Gasteiger partial charge >= 0.3 is 0 Å². The molecule has 0 fully saturated rings. The minimum Gasteiger partial charge on any atom is -0.370 e. The highest BCUT2D eigenvalue weighted by molar-refractivity contribution is 7.89. The molecular weight excluding hydrogens is 476 g/mol. The van der Waals surface area contributed by atoms with Crippen LogP contribution in [-0.4, -0.2) is 39.9 Å². The zero-order valence-corrected chi connectivity index (χ0v) is 20.9. The second-order valence-corrected chi connectivity index (χ2v) is 10.3. The second-order valence-electron chi connectivity index (χ2n) is 8.54. The Kier molecular flexibility index (Phi) is 8.02. The third-order valence-corrected chi connectivity index (χ3v) is 7.56. The number of sulfonamides is 1. The van der Waals surface area contributed by atoms with Gasteiger partial charge < -0.3 is 15.5 Å². The highest BCUT2D eigenvalue weighted by atomic mass is 32.2. The van der Waals surface area contributed by atoms with E-state index in [1.165, 1.54) is 6.07 Å². The molecule has 0 saturated carbocycles. The van der Waals surface area contributed by atoms with Crippen LogP contribution in [0.5, 0.6) is 0 Å². The van der Waals surface area contributed by atoms with Crippen LogP contribution in [0.4, 0.5) is 11.4 Å². The van der Waals surface area contributed by atoms with Crippen LogP contribution in [0.2, 0.25) is 0 Å². The molecule has 0 saturated heterocycles. The number of nitrogens with zero attached hydrogens (tertiary/aromatic N) is 1. The van der Waals surface area contributed by atoms with Crippen molar-refractivity contribution in [1.29, 1.82) is 0 Å². The van der Waals surface area contributed by atoms with E-state index in [1.807, 2.05) is 43.3 Å². The van der Waals surface area contributed by atoms with Crippen molar-refractivity contribution in [3.63, 3.8) is 0 Å². The Morgan fingerprint density at radius 3 is 2.39 bits per heavy atom. The van der Waals surface area contributed by atoms with Crippen molar-refractivity contribution >= 4 is 33.2 Å². The average molecular weight is 507 g/mol. The number of hydrogen-bond acceptors (Lipinski definition) is 5. The Labute approximate surface area is 211 Å².